The second kappa shape index (κ2) is 6.54. The Labute approximate surface area is 146 Å². The number of ether oxygens (including phenoxy) is 1. The van der Waals surface area contributed by atoms with Gasteiger partial charge in [0.05, 0.1) is 5.69 Å². The van der Waals surface area contributed by atoms with Gasteiger partial charge in [0.15, 0.2) is 5.82 Å². The summed E-state index contributed by atoms with van der Waals surface area (Å²) >= 11 is 0. The Bertz CT molecular complexity index is 804. The molecule has 0 spiro atoms. The van der Waals surface area contributed by atoms with Crippen LogP contribution in [0.2, 0.25) is 0 Å². The highest BCUT2D eigenvalue weighted by Crippen LogP contribution is 2.42. The molecule has 1 N–H and O–H groups in total. The number of halogens is 1. The van der Waals surface area contributed by atoms with Crippen LogP contribution in [0, 0.1) is 5.82 Å². The summed E-state index contributed by atoms with van der Waals surface area (Å²) in [4.78, 5) is 4.57. The first-order valence-corrected chi connectivity index (χ1v) is 8.77. The van der Waals surface area contributed by atoms with Crippen LogP contribution in [0.25, 0.3) is 0 Å². The van der Waals surface area contributed by atoms with Gasteiger partial charge in [0, 0.05) is 31.5 Å². The van der Waals surface area contributed by atoms with E-state index in [1.807, 2.05) is 25.3 Å². The molecule has 0 saturated carbocycles. The molecule has 1 atom stereocenters. The third-order valence-electron chi connectivity index (χ3n) is 4.99. The Balaban J connectivity index is 1.74. The predicted molar refractivity (Wildman–Crippen MR) is 97.7 cm³/mol. The number of benzene rings is 1. The summed E-state index contributed by atoms with van der Waals surface area (Å²) in [6, 6.07) is 9.14. The van der Waals surface area contributed by atoms with Crippen LogP contribution < -0.4 is 9.91 Å². The third kappa shape index (κ3) is 2.71. The van der Waals surface area contributed by atoms with Crippen LogP contribution in [0.4, 0.5) is 21.6 Å². The molecule has 0 amide bonds. The zero-order valence-corrected chi connectivity index (χ0v) is 14.3. The number of rotatable bonds is 4. The first kappa shape index (κ1) is 16.2. The Hall–Kier alpha value is -2.31. The van der Waals surface area contributed by atoms with Crippen LogP contribution in [0.15, 0.2) is 41.6 Å². The molecule has 1 saturated heterocycles. The SMILES string of the molecule is CC[N+]1(c2ccccc2F)N=Cc2c(NC3CCOCC3)ccnc21. The summed E-state index contributed by atoms with van der Waals surface area (Å²) in [5, 5.41) is 8.28. The Kier molecular flexibility index (Phi) is 4.23. The standard InChI is InChI=1S/C19H22FN4O/c1-2-24(18-6-4-3-5-16(18)20)19-15(13-22-24)17(7-10-21-19)23-14-8-11-25-12-9-14/h3-7,10,13-14H,2,8-9,11-12H2,1H3,(H,21,23)/q+1. The van der Waals surface area contributed by atoms with Gasteiger partial charge < -0.3 is 10.1 Å². The Morgan fingerprint density at radius 3 is 2.80 bits per heavy atom. The molecule has 6 heteroatoms. The summed E-state index contributed by atoms with van der Waals surface area (Å²) in [7, 11) is 0. The highest BCUT2D eigenvalue weighted by atomic mass is 19.1. The molecule has 2 aromatic rings. The lowest BCUT2D eigenvalue weighted by Gasteiger charge is -2.27. The maximum Gasteiger partial charge on any atom is 0.270 e. The second-order valence-electron chi connectivity index (χ2n) is 6.41. The monoisotopic (exact) mass is 341 g/mol. The molecule has 0 aliphatic carbocycles. The Morgan fingerprint density at radius 2 is 2.04 bits per heavy atom. The van der Waals surface area contributed by atoms with Gasteiger partial charge in [0.2, 0.25) is 5.69 Å². The quantitative estimate of drug-likeness (QED) is 0.860. The summed E-state index contributed by atoms with van der Waals surface area (Å²) in [5.41, 5.74) is 2.47. The van der Waals surface area contributed by atoms with Gasteiger partial charge in [0.25, 0.3) is 5.82 Å². The van der Waals surface area contributed by atoms with Crippen molar-refractivity contribution in [1.82, 2.24) is 9.58 Å². The molecule has 0 radical (unpaired) electrons. The fraction of sp³-hybridized carbons (Fsp3) is 0.368. The Morgan fingerprint density at radius 1 is 1.24 bits per heavy atom. The molecule has 130 valence electrons. The van der Waals surface area contributed by atoms with Crippen LogP contribution in [0.1, 0.15) is 25.3 Å². The van der Waals surface area contributed by atoms with E-state index in [1.54, 1.807) is 18.3 Å². The minimum atomic E-state index is -0.265. The van der Waals surface area contributed by atoms with E-state index in [4.69, 9.17) is 4.74 Å². The van der Waals surface area contributed by atoms with E-state index in [2.05, 4.69) is 15.4 Å². The van der Waals surface area contributed by atoms with Crippen LogP contribution in [0.5, 0.6) is 0 Å². The maximum absolute atomic E-state index is 14.5. The molecule has 5 nitrogen and oxygen atoms in total. The number of fused-ring (bicyclic) bond motifs is 1. The van der Waals surface area contributed by atoms with Gasteiger partial charge in [-0.25, -0.2) is 9.37 Å². The van der Waals surface area contributed by atoms with Gasteiger partial charge in [0.1, 0.15) is 18.3 Å². The van der Waals surface area contributed by atoms with Crippen LogP contribution in [-0.2, 0) is 4.74 Å². The molecule has 1 aromatic carbocycles. The number of anilines is 1. The van der Waals surface area contributed by atoms with E-state index in [9.17, 15) is 4.39 Å². The number of hydrogen-bond acceptors (Lipinski definition) is 4. The number of nitrogens with one attached hydrogen (secondary N) is 1. The molecule has 4 rings (SSSR count). The smallest absolute Gasteiger partial charge is 0.270 e. The van der Waals surface area contributed by atoms with Gasteiger partial charge in [-0.05, 0) is 31.9 Å². The lowest BCUT2D eigenvalue weighted by atomic mass is 10.1. The predicted octanol–water partition coefficient (Wildman–Crippen LogP) is 3.82. The van der Waals surface area contributed by atoms with Gasteiger partial charge in [-0.1, -0.05) is 17.2 Å². The lowest BCUT2D eigenvalue weighted by molar-refractivity contribution is 0.0904. The molecule has 2 aliphatic heterocycles. The zero-order chi connectivity index (χ0) is 17.3. The van der Waals surface area contributed by atoms with E-state index >= 15 is 0 Å². The van der Waals surface area contributed by atoms with Crippen molar-refractivity contribution in [3.8, 4) is 0 Å². The molecule has 3 heterocycles. The van der Waals surface area contributed by atoms with E-state index in [0.29, 0.717) is 18.3 Å². The summed E-state index contributed by atoms with van der Waals surface area (Å²) in [6.45, 7) is 4.16. The fourth-order valence-electron chi connectivity index (χ4n) is 3.61. The van der Waals surface area contributed by atoms with E-state index in [1.165, 1.54) is 6.07 Å². The van der Waals surface area contributed by atoms with Crippen LogP contribution >= 0.6 is 0 Å². The van der Waals surface area contributed by atoms with Crippen molar-refractivity contribution >= 4 is 23.4 Å². The normalized spacial score (nSPS) is 22.8. The van der Waals surface area contributed by atoms with Gasteiger partial charge in [-0.15, -0.1) is 4.59 Å². The van der Waals surface area contributed by atoms with Crippen molar-refractivity contribution in [3.63, 3.8) is 0 Å². The van der Waals surface area contributed by atoms with E-state index in [0.717, 1.165) is 43.1 Å². The second-order valence-corrected chi connectivity index (χ2v) is 6.41. The molecule has 0 bridgehead atoms. The number of aromatic nitrogens is 1. The van der Waals surface area contributed by atoms with E-state index < -0.39 is 0 Å². The largest absolute Gasteiger partial charge is 0.381 e. The average molecular weight is 341 g/mol. The molecule has 1 aromatic heterocycles. The number of hydrogen-bond donors (Lipinski definition) is 1. The first-order valence-electron chi connectivity index (χ1n) is 8.77. The topological polar surface area (TPSA) is 46.5 Å². The number of nitrogens with zero attached hydrogens (tertiary/aromatic N) is 3. The molecule has 2 aliphatic rings. The minimum absolute atomic E-state index is 0.0608. The highest BCUT2D eigenvalue weighted by molar-refractivity contribution is 5.97. The van der Waals surface area contributed by atoms with Gasteiger partial charge >= 0.3 is 0 Å². The third-order valence-corrected chi connectivity index (χ3v) is 4.99. The number of pyridine rings is 1. The number of para-hydroxylation sites is 1. The lowest BCUT2D eigenvalue weighted by Crippen LogP contribution is -2.38. The zero-order valence-electron chi connectivity index (χ0n) is 14.3. The minimum Gasteiger partial charge on any atom is -0.381 e. The summed E-state index contributed by atoms with van der Waals surface area (Å²) in [6.07, 6.45) is 5.56. The van der Waals surface area contributed by atoms with Crippen molar-refractivity contribution in [3.05, 3.63) is 47.9 Å². The fourth-order valence-corrected chi connectivity index (χ4v) is 3.61. The average Bonchev–Trinajstić information content (AvgIpc) is 3.04. The number of quaternary nitrogens is 1. The van der Waals surface area contributed by atoms with Crippen molar-refractivity contribution in [2.75, 3.05) is 25.1 Å². The van der Waals surface area contributed by atoms with Crippen molar-refractivity contribution < 1.29 is 9.13 Å². The van der Waals surface area contributed by atoms with Crippen LogP contribution in [-0.4, -0.2) is 37.0 Å². The summed E-state index contributed by atoms with van der Waals surface area (Å²) < 4.78 is 20.0. The molecule has 25 heavy (non-hydrogen) atoms. The van der Waals surface area contributed by atoms with Gasteiger partial charge in [-0.3, -0.25) is 0 Å². The molecule has 1 unspecified atom stereocenters. The van der Waals surface area contributed by atoms with Crippen molar-refractivity contribution in [2.45, 2.75) is 25.8 Å². The molecular formula is C19H22FN4O+. The maximum atomic E-state index is 14.5. The van der Waals surface area contributed by atoms with Gasteiger partial charge in [-0.2, -0.15) is 0 Å². The van der Waals surface area contributed by atoms with Crippen molar-refractivity contribution in [2.24, 2.45) is 5.10 Å². The highest BCUT2D eigenvalue weighted by Gasteiger charge is 2.43. The van der Waals surface area contributed by atoms with Crippen molar-refractivity contribution in [1.29, 1.82) is 0 Å². The summed E-state index contributed by atoms with van der Waals surface area (Å²) in [5.74, 6) is 0.503. The molecule has 1 fully saturated rings. The van der Waals surface area contributed by atoms with E-state index in [-0.39, 0.29) is 10.4 Å². The first-order chi connectivity index (χ1) is 12.2. The van der Waals surface area contributed by atoms with Crippen LogP contribution in [0.3, 0.4) is 0 Å². The molecular weight excluding hydrogens is 319 g/mol.